The summed E-state index contributed by atoms with van der Waals surface area (Å²) in [6.07, 6.45) is -0.0215. The van der Waals surface area contributed by atoms with E-state index in [1.807, 2.05) is 0 Å². The van der Waals surface area contributed by atoms with Gasteiger partial charge in [-0.2, -0.15) is 0 Å². The van der Waals surface area contributed by atoms with Crippen LogP contribution in [0, 0.1) is 16.0 Å². The molecule has 1 aromatic carbocycles. The predicted molar refractivity (Wildman–Crippen MR) is 81.0 cm³/mol. The van der Waals surface area contributed by atoms with E-state index in [0.717, 1.165) is 0 Å². The van der Waals surface area contributed by atoms with Crippen molar-refractivity contribution in [3.63, 3.8) is 0 Å². The van der Waals surface area contributed by atoms with Crippen LogP contribution in [0.4, 0.5) is 11.4 Å². The summed E-state index contributed by atoms with van der Waals surface area (Å²) >= 11 is 6.41. The van der Waals surface area contributed by atoms with E-state index in [4.69, 9.17) is 0 Å². The van der Waals surface area contributed by atoms with Crippen LogP contribution in [0.15, 0.2) is 21.1 Å². The molecule has 2 rings (SSSR count). The van der Waals surface area contributed by atoms with Crippen LogP contribution in [0.25, 0.3) is 0 Å². The first kappa shape index (κ1) is 15.9. The third-order valence-electron chi connectivity index (χ3n) is 3.13. The molecule has 1 aromatic rings. The first-order chi connectivity index (χ1) is 9.85. The molecule has 0 spiro atoms. The number of hydrogen-bond acceptors (Lipinski definition) is 5. The Kier molecular flexibility index (Phi) is 4.62. The summed E-state index contributed by atoms with van der Waals surface area (Å²) in [6, 6.07) is 2.93. The average molecular weight is 422 g/mol. The zero-order valence-corrected chi connectivity index (χ0v) is 14.0. The van der Waals surface area contributed by atoms with Gasteiger partial charge in [0, 0.05) is 28.0 Å². The number of nitrogens with zero attached hydrogens (tertiary/aromatic N) is 2. The van der Waals surface area contributed by atoms with Crippen molar-refractivity contribution < 1.29 is 19.2 Å². The van der Waals surface area contributed by atoms with Crippen LogP contribution in [0.1, 0.15) is 6.42 Å². The molecule has 1 atom stereocenters. The number of halogens is 2. The van der Waals surface area contributed by atoms with E-state index in [2.05, 4.69) is 36.6 Å². The Labute approximate surface area is 136 Å². The summed E-state index contributed by atoms with van der Waals surface area (Å²) in [5.74, 6) is -1.46. The Morgan fingerprint density at radius 1 is 1.48 bits per heavy atom. The topological polar surface area (TPSA) is 89.8 Å². The Bertz CT molecular complexity index is 634. The molecule has 0 N–H and O–H groups in total. The number of amides is 1. The fraction of sp³-hybridized carbons (Fsp3) is 0.333. The smallest absolute Gasteiger partial charge is 0.311 e. The van der Waals surface area contributed by atoms with Crippen molar-refractivity contribution in [1.29, 1.82) is 0 Å². The van der Waals surface area contributed by atoms with Crippen LogP contribution in [0.2, 0.25) is 0 Å². The van der Waals surface area contributed by atoms with Gasteiger partial charge in [0.1, 0.15) is 5.69 Å². The minimum Gasteiger partial charge on any atom is -0.469 e. The lowest BCUT2D eigenvalue weighted by Gasteiger charge is -2.18. The van der Waals surface area contributed by atoms with E-state index in [0.29, 0.717) is 8.95 Å². The number of carbonyl (C=O) groups excluding carboxylic acids is 2. The average Bonchev–Trinajstić information content (AvgIpc) is 2.78. The summed E-state index contributed by atoms with van der Waals surface area (Å²) in [6.45, 7) is 0.0621. The molecule has 9 heteroatoms. The SMILES string of the molecule is COC(=O)C1CC(=O)N(c2c(Br)cc(Br)cc2[N+](=O)[O-])C1. The lowest BCUT2D eigenvalue weighted by molar-refractivity contribution is -0.384. The highest BCUT2D eigenvalue weighted by atomic mass is 79.9. The zero-order valence-electron chi connectivity index (χ0n) is 10.8. The van der Waals surface area contributed by atoms with E-state index < -0.39 is 16.8 Å². The van der Waals surface area contributed by atoms with Gasteiger partial charge in [0.15, 0.2) is 0 Å². The summed E-state index contributed by atoms with van der Waals surface area (Å²) in [4.78, 5) is 35.5. The van der Waals surface area contributed by atoms with Crippen molar-refractivity contribution in [2.45, 2.75) is 6.42 Å². The number of rotatable bonds is 3. The quantitative estimate of drug-likeness (QED) is 0.425. The number of hydrogen-bond donors (Lipinski definition) is 0. The molecule has 0 aliphatic carbocycles. The van der Waals surface area contributed by atoms with E-state index >= 15 is 0 Å². The van der Waals surface area contributed by atoms with Gasteiger partial charge in [-0.3, -0.25) is 19.7 Å². The van der Waals surface area contributed by atoms with Crippen molar-refractivity contribution in [3.8, 4) is 0 Å². The summed E-state index contributed by atoms with van der Waals surface area (Å²) in [5.41, 5.74) is -0.0604. The second kappa shape index (κ2) is 6.10. The molecular weight excluding hydrogens is 412 g/mol. The highest BCUT2D eigenvalue weighted by molar-refractivity contribution is 9.11. The molecule has 7 nitrogen and oxygen atoms in total. The third-order valence-corrected chi connectivity index (χ3v) is 4.20. The number of benzene rings is 1. The predicted octanol–water partition coefficient (Wildman–Crippen LogP) is 2.65. The van der Waals surface area contributed by atoms with Gasteiger partial charge in [-0.05, 0) is 22.0 Å². The number of esters is 1. The second-order valence-electron chi connectivity index (χ2n) is 4.44. The maximum atomic E-state index is 12.1. The number of methoxy groups -OCH3 is 1. The first-order valence-electron chi connectivity index (χ1n) is 5.86. The largest absolute Gasteiger partial charge is 0.469 e. The maximum Gasteiger partial charge on any atom is 0.311 e. The Hall–Kier alpha value is -1.48. The number of nitro benzene ring substituents is 1. The molecule has 1 amide bonds. The monoisotopic (exact) mass is 420 g/mol. The number of nitro groups is 1. The molecule has 1 heterocycles. The fourth-order valence-electron chi connectivity index (χ4n) is 2.21. The molecule has 0 radical (unpaired) electrons. The molecule has 1 aliphatic rings. The minimum absolute atomic E-state index is 0.0215. The third kappa shape index (κ3) is 3.08. The van der Waals surface area contributed by atoms with E-state index in [-0.39, 0.29) is 30.2 Å². The Morgan fingerprint density at radius 3 is 2.71 bits per heavy atom. The molecular formula is C12H10Br2N2O5. The molecule has 21 heavy (non-hydrogen) atoms. The van der Waals surface area contributed by atoms with Crippen molar-refractivity contribution in [3.05, 3.63) is 31.2 Å². The molecule has 1 fully saturated rings. The van der Waals surface area contributed by atoms with Gasteiger partial charge >= 0.3 is 5.97 Å². The van der Waals surface area contributed by atoms with Crippen LogP contribution >= 0.6 is 31.9 Å². The number of ether oxygens (including phenoxy) is 1. The highest BCUT2D eigenvalue weighted by Crippen LogP contribution is 2.41. The standard InChI is InChI=1S/C12H10Br2N2O5/c1-21-12(18)6-2-10(17)15(5-6)11-8(14)3-7(13)4-9(11)16(19)20/h3-4,6H,2,5H2,1H3. The minimum atomic E-state index is -0.613. The van der Waals surface area contributed by atoms with Crippen LogP contribution in [-0.4, -0.2) is 30.5 Å². The lowest BCUT2D eigenvalue weighted by atomic mass is 10.1. The maximum absolute atomic E-state index is 12.1. The highest BCUT2D eigenvalue weighted by Gasteiger charge is 2.39. The molecule has 112 valence electrons. The summed E-state index contributed by atoms with van der Waals surface area (Å²) in [5, 5.41) is 11.2. The number of carbonyl (C=O) groups is 2. The van der Waals surface area contributed by atoms with Gasteiger partial charge < -0.3 is 9.64 Å². The fourth-order valence-corrected chi connectivity index (χ4v) is 3.62. The van der Waals surface area contributed by atoms with Gasteiger partial charge in [-0.1, -0.05) is 15.9 Å². The summed E-state index contributed by atoms with van der Waals surface area (Å²) < 4.78 is 5.54. The van der Waals surface area contributed by atoms with Crippen molar-refractivity contribution in [1.82, 2.24) is 0 Å². The molecule has 1 saturated heterocycles. The second-order valence-corrected chi connectivity index (χ2v) is 6.21. The van der Waals surface area contributed by atoms with Crippen molar-refractivity contribution >= 4 is 55.1 Å². The Balaban J connectivity index is 2.45. The van der Waals surface area contributed by atoms with Crippen molar-refractivity contribution in [2.24, 2.45) is 5.92 Å². The van der Waals surface area contributed by atoms with Gasteiger partial charge in [-0.25, -0.2) is 0 Å². The number of anilines is 1. The van der Waals surface area contributed by atoms with Crippen LogP contribution in [-0.2, 0) is 14.3 Å². The molecule has 0 bridgehead atoms. The van der Waals surface area contributed by atoms with Gasteiger partial charge in [0.05, 0.1) is 18.0 Å². The van der Waals surface area contributed by atoms with Gasteiger partial charge in [-0.15, -0.1) is 0 Å². The first-order valence-corrected chi connectivity index (χ1v) is 7.45. The van der Waals surface area contributed by atoms with Gasteiger partial charge in [0.25, 0.3) is 5.69 Å². The van der Waals surface area contributed by atoms with E-state index in [1.54, 1.807) is 6.07 Å². The van der Waals surface area contributed by atoms with Crippen LogP contribution in [0.3, 0.4) is 0 Å². The summed E-state index contributed by atoms with van der Waals surface area (Å²) in [7, 11) is 1.24. The van der Waals surface area contributed by atoms with E-state index in [1.165, 1.54) is 18.1 Å². The van der Waals surface area contributed by atoms with Crippen LogP contribution < -0.4 is 4.90 Å². The lowest BCUT2D eigenvalue weighted by Crippen LogP contribution is -2.27. The molecule has 0 saturated carbocycles. The molecule has 0 aromatic heterocycles. The van der Waals surface area contributed by atoms with E-state index in [9.17, 15) is 19.7 Å². The Morgan fingerprint density at radius 2 is 2.14 bits per heavy atom. The van der Waals surface area contributed by atoms with Crippen molar-refractivity contribution in [2.75, 3.05) is 18.6 Å². The molecule has 1 aliphatic heterocycles. The normalized spacial score (nSPS) is 18.0. The van der Waals surface area contributed by atoms with Gasteiger partial charge in [0.2, 0.25) is 5.91 Å². The molecule has 1 unspecified atom stereocenters. The zero-order chi connectivity index (χ0) is 15.7. The van der Waals surface area contributed by atoms with Crippen LogP contribution in [0.5, 0.6) is 0 Å².